The maximum Gasteiger partial charge on any atom is 0.433 e. The molecular weight excluding hydrogens is 505 g/mol. The Morgan fingerprint density at radius 1 is 1.14 bits per heavy atom. The smallest absolute Gasteiger partial charge is 0.433 e. The monoisotopic (exact) mass is 522 g/mol. The Balaban J connectivity index is 1.83. The molecule has 0 spiro atoms. The van der Waals surface area contributed by atoms with E-state index in [0.29, 0.717) is 22.4 Å². The topological polar surface area (TPSA) is 113 Å². The van der Waals surface area contributed by atoms with E-state index in [4.69, 9.17) is 16.3 Å². The lowest BCUT2D eigenvalue weighted by Crippen LogP contribution is -2.17. The number of fused-ring (bicyclic) bond motifs is 1. The fraction of sp³-hybridized carbons (Fsp3) is 0.227. The summed E-state index contributed by atoms with van der Waals surface area (Å²) in [7, 11) is 2.56. The lowest BCUT2D eigenvalue weighted by molar-refractivity contribution is -0.142. The summed E-state index contributed by atoms with van der Waals surface area (Å²) in [6.07, 6.45) is -3.48. The van der Waals surface area contributed by atoms with Crippen LogP contribution in [0.5, 0.6) is 5.75 Å². The van der Waals surface area contributed by atoms with Crippen molar-refractivity contribution < 1.29 is 32.2 Å². The van der Waals surface area contributed by atoms with Crippen LogP contribution >= 0.6 is 11.6 Å². The first-order valence-electron chi connectivity index (χ1n) is 10.3. The van der Waals surface area contributed by atoms with Crippen LogP contribution in [0.1, 0.15) is 33.6 Å². The maximum absolute atomic E-state index is 14.0. The number of hydrogen-bond donors (Lipinski definition) is 1. The largest absolute Gasteiger partial charge is 0.497 e. The van der Waals surface area contributed by atoms with Crippen LogP contribution in [0.3, 0.4) is 0 Å². The predicted molar refractivity (Wildman–Crippen MR) is 122 cm³/mol. The molecule has 3 aromatic heterocycles. The van der Waals surface area contributed by atoms with Crippen molar-refractivity contribution in [2.45, 2.75) is 19.6 Å². The molecule has 4 rings (SSSR count). The average Bonchev–Trinajstić information content (AvgIpc) is 3.43. The zero-order valence-corrected chi connectivity index (χ0v) is 19.8. The summed E-state index contributed by atoms with van der Waals surface area (Å²) in [6, 6.07) is 7.09. The van der Waals surface area contributed by atoms with Gasteiger partial charge >= 0.3 is 12.1 Å². The third-order valence-electron chi connectivity index (χ3n) is 5.12. The second kappa shape index (κ2) is 9.49. The first-order chi connectivity index (χ1) is 17.1. The minimum Gasteiger partial charge on any atom is -0.497 e. The fourth-order valence-electron chi connectivity index (χ4n) is 3.37. The van der Waals surface area contributed by atoms with Gasteiger partial charge in [-0.15, -0.1) is 0 Å². The third-order valence-corrected chi connectivity index (χ3v) is 5.46. The minimum atomic E-state index is -4.85. The van der Waals surface area contributed by atoms with Crippen molar-refractivity contribution in [1.82, 2.24) is 24.4 Å². The molecule has 1 amide bonds. The molecule has 36 heavy (non-hydrogen) atoms. The summed E-state index contributed by atoms with van der Waals surface area (Å²) in [6.45, 7) is 2.13. The molecule has 1 aromatic carbocycles. The number of carbonyl (C=O) groups excluding carboxylic acids is 2. The number of esters is 1. The Morgan fingerprint density at radius 2 is 1.89 bits per heavy atom. The molecule has 10 nitrogen and oxygen atoms in total. The Morgan fingerprint density at radius 3 is 2.53 bits per heavy atom. The number of anilines is 1. The van der Waals surface area contributed by atoms with E-state index in [2.05, 4.69) is 25.2 Å². The Hall–Kier alpha value is -4.13. The average molecular weight is 523 g/mol. The second-order valence-electron chi connectivity index (χ2n) is 7.35. The van der Waals surface area contributed by atoms with Crippen LogP contribution in [-0.4, -0.2) is 50.5 Å². The van der Waals surface area contributed by atoms with Crippen molar-refractivity contribution in [2.75, 3.05) is 19.5 Å². The van der Waals surface area contributed by atoms with Gasteiger partial charge in [0.1, 0.15) is 10.8 Å². The van der Waals surface area contributed by atoms with Gasteiger partial charge in [0.15, 0.2) is 22.7 Å². The highest BCUT2D eigenvalue weighted by atomic mass is 35.5. The van der Waals surface area contributed by atoms with Crippen LogP contribution in [-0.2, 0) is 17.5 Å². The van der Waals surface area contributed by atoms with Gasteiger partial charge in [-0.3, -0.25) is 9.48 Å². The van der Waals surface area contributed by atoms with E-state index < -0.39 is 34.5 Å². The zero-order chi connectivity index (χ0) is 26.2. The molecule has 0 aliphatic rings. The number of nitrogens with zero attached hydrogens (tertiary/aromatic N) is 5. The van der Waals surface area contributed by atoms with Crippen LogP contribution in [0.15, 0.2) is 36.5 Å². The molecule has 0 fully saturated rings. The van der Waals surface area contributed by atoms with E-state index in [1.54, 1.807) is 25.1 Å². The number of benzene rings is 1. The number of alkyl halides is 3. The van der Waals surface area contributed by atoms with Gasteiger partial charge in [0.05, 0.1) is 25.6 Å². The number of hydrogen-bond acceptors (Lipinski definition) is 7. The number of halogens is 4. The van der Waals surface area contributed by atoms with Crippen LogP contribution in [0.2, 0.25) is 5.02 Å². The number of methoxy groups -OCH3 is 2. The molecule has 0 bridgehead atoms. The summed E-state index contributed by atoms with van der Waals surface area (Å²) in [5.74, 6) is -1.37. The molecule has 0 atom stereocenters. The normalized spacial score (nSPS) is 11.5. The lowest BCUT2D eigenvalue weighted by Gasteiger charge is -2.11. The summed E-state index contributed by atoms with van der Waals surface area (Å²) in [5.41, 5.74) is -2.05. The molecule has 3 heterocycles. The quantitative estimate of drug-likeness (QED) is 0.375. The number of ether oxygens (including phenoxy) is 2. The third kappa shape index (κ3) is 4.56. The van der Waals surface area contributed by atoms with Gasteiger partial charge in [0, 0.05) is 18.3 Å². The molecule has 0 unspecified atom stereocenters. The van der Waals surface area contributed by atoms with Crippen molar-refractivity contribution in [3.05, 3.63) is 58.6 Å². The summed E-state index contributed by atoms with van der Waals surface area (Å²) in [5, 5.41) is 9.80. The molecule has 14 heteroatoms. The molecule has 4 aromatic rings. The van der Waals surface area contributed by atoms with Crippen LogP contribution in [0.25, 0.3) is 16.9 Å². The number of nitrogens with one attached hydrogen (secondary N) is 1. The van der Waals surface area contributed by atoms with E-state index in [1.165, 1.54) is 24.1 Å². The Kier molecular flexibility index (Phi) is 6.59. The molecule has 1 N–H and O–H groups in total. The van der Waals surface area contributed by atoms with Gasteiger partial charge in [-0.1, -0.05) is 23.7 Å². The van der Waals surface area contributed by atoms with Gasteiger partial charge in [0.25, 0.3) is 5.91 Å². The highest BCUT2D eigenvalue weighted by Gasteiger charge is 2.37. The second-order valence-corrected chi connectivity index (χ2v) is 7.73. The van der Waals surface area contributed by atoms with Crippen LogP contribution in [0.4, 0.5) is 18.9 Å². The van der Waals surface area contributed by atoms with E-state index in [1.807, 2.05) is 0 Å². The van der Waals surface area contributed by atoms with Gasteiger partial charge in [-0.2, -0.15) is 23.4 Å². The van der Waals surface area contributed by atoms with Gasteiger partial charge < -0.3 is 14.8 Å². The highest BCUT2D eigenvalue weighted by Crippen LogP contribution is 2.35. The highest BCUT2D eigenvalue weighted by molar-refractivity contribution is 6.37. The number of aromatic nitrogens is 5. The van der Waals surface area contributed by atoms with E-state index in [9.17, 15) is 22.8 Å². The van der Waals surface area contributed by atoms with Gasteiger partial charge in [0.2, 0.25) is 0 Å². The van der Waals surface area contributed by atoms with Crippen molar-refractivity contribution in [2.24, 2.45) is 0 Å². The molecular formula is C22H18ClF3N6O4. The molecule has 0 aliphatic heterocycles. The molecule has 0 aliphatic carbocycles. The molecule has 188 valence electrons. The first kappa shape index (κ1) is 25.0. The van der Waals surface area contributed by atoms with Gasteiger partial charge in [-0.25, -0.2) is 14.3 Å². The summed E-state index contributed by atoms with van der Waals surface area (Å²) < 4.78 is 53.5. The van der Waals surface area contributed by atoms with E-state index in [0.717, 1.165) is 13.2 Å². The van der Waals surface area contributed by atoms with Crippen LogP contribution < -0.4 is 10.1 Å². The number of amides is 1. The molecule has 0 saturated heterocycles. The summed E-state index contributed by atoms with van der Waals surface area (Å²) in [4.78, 5) is 29.2. The van der Waals surface area contributed by atoms with Gasteiger partial charge in [-0.05, 0) is 25.1 Å². The fourth-order valence-corrected chi connectivity index (χ4v) is 3.62. The number of aryl methyl sites for hydroxylation is 1. The van der Waals surface area contributed by atoms with Crippen molar-refractivity contribution in [3.63, 3.8) is 0 Å². The van der Waals surface area contributed by atoms with E-state index in [-0.39, 0.29) is 22.7 Å². The van der Waals surface area contributed by atoms with Crippen LogP contribution in [0, 0.1) is 0 Å². The van der Waals surface area contributed by atoms with Crippen molar-refractivity contribution >= 4 is 34.8 Å². The summed E-state index contributed by atoms with van der Waals surface area (Å²) >= 11 is 6.31. The lowest BCUT2D eigenvalue weighted by atomic mass is 10.1. The SMILES string of the molecule is CCn1cc(NC(=O)c2nn3c(C(F)(F)F)cc(-c4cccc(OC)c4)nc3c2Cl)c(C(=O)OC)n1. The number of carbonyl (C=O) groups is 2. The Labute approximate surface area is 206 Å². The standard InChI is InChI=1S/C22H18ClF3N6O4/c1-4-31-10-14(17(29-31)21(34)36-3)28-20(33)18-16(23)19-27-13(11-6-5-7-12(8-11)35-2)9-15(22(24,25)26)32(19)30-18/h5-10H,4H2,1-3H3,(H,28,33). The number of rotatable bonds is 6. The predicted octanol–water partition coefficient (Wildman–Crippen LogP) is 4.33. The van der Waals surface area contributed by atoms with Crippen molar-refractivity contribution in [1.29, 1.82) is 0 Å². The first-order valence-corrected chi connectivity index (χ1v) is 10.7. The minimum absolute atomic E-state index is 0.0251. The molecule has 0 saturated carbocycles. The Bertz CT molecular complexity index is 1480. The zero-order valence-electron chi connectivity index (χ0n) is 19.1. The van der Waals surface area contributed by atoms with E-state index >= 15 is 0 Å². The van der Waals surface area contributed by atoms with Crippen molar-refractivity contribution in [3.8, 4) is 17.0 Å². The molecule has 0 radical (unpaired) electrons. The maximum atomic E-state index is 14.0.